The third-order valence-corrected chi connectivity index (χ3v) is 7.02. The van der Waals surface area contributed by atoms with Gasteiger partial charge in [0, 0.05) is 39.0 Å². The summed E-state index contributed by atoms with van der Waals surface area (Å²) in [7, 11) is 0. The summed E-state index contributed by atoms with van der Waals surface area (Å²) in [4.78, 5) is 32.3. The molecule has 34 heavy (non-hydrogen) atoms. The quantitative estimate of drug-likeness (QED) is 0.223. The molecule has 2 aromatic carbocycles. The second-order valence-corrected chi connectivity index (χ2v) is 9.77. The summed E-state index contributed by atoms with van der Waals surface area (Å²) in [5.74, 6) is 1.50. The zero-order valence-electron chi connectivity index (χ0n) is 17.2. The number of fused-ring (bicyclic) bond motifs is 4. The van der Waals surface area contributed by atoms with Crippen LogP contribution < -0.4 is 10.1 Å². The predicted octanol–water partition coefficient (Wildman–Crippen LogP) is 6.10. The summed E-state index contributed by atoms with van der Waals surface area (Å²) in [5, 5.41) is 14.5. The highest BCUT2D eigenvalue weighted by molar-refractivity contribution is 9.10. The highest BCUT2D eigenvalue weighted by Crippen LogP contribution is 2.53. The lowest BCUT2D eigenvalue weighted by molar-refractivity contribution is -0.384. The van der Waals surface area contributed by atoms with Gasteiger partial charge in [-0.1, -0.05) is 39.3 Å². The second-order valence-electron chi connectivity index (χ2n) is 7.38. The molecule has 1 spiro atoms. The molecule has 1 atom stereocenters. The molecule has 1 N–H and O–H groups in total. The fraction of sp³-hybridized carbons (Fsp3) is 0.136. The second kappa shape index (κ2) is 9.53. The number of nitrogens with zero attached hydrogens (tertiary/aromatic N) is 3. The average molecular weight is 582 g/mol. The van der Waals surface area contributed by atoms with Crippen molar-refractivity contribution in [2.75, 3.05) is 5.75 Å². The van der Waals surface area contributed by atoms with E-state index in [2.05, 4.69) is 26.2 Å². The molecule has 174 valence electrons. The number of amides is 1. The zero-order chi connectivity index (χ0) is 23.2. The molecule has 0 bridgehead atoms. The Hall–Kier alpha value is -2.66. The number of amidine groups is 1. The fourth-order valence-corrected chi connectivity index (χ4v) is 5.41. The van der Waals surface area contributed by atoms with Crippen LogP contribution in [0.25, 0.3) is 0 Å². The third kappa shape index (κ3) is 4.38. The summed E-state index contributed by atoms with van der Waals surface area (Å²) in [6.45, 7) is 0. The predicted molar refractivity (Wildman–Crippen MR) is 137 cm³/mol. The van der Waals surface area contributed by atoms with Crippen LogP contribution in [0.3, 0.4) is 0 Å². The van der Waals surface area contributed by atoms with Crippen molar-refractivity contribution in [1.82, 2.24) is 10.3 Å². The van der Waals surface area contributed by atoms with Crippen molar-refractivity contribution in [3.8, 4) is 11.5 Å². The van der Waals surface area contributed by atoms with Crippen LogP contribution in [-0.4, -0.2) is 26.7 Å². The summed E-state index contributed by atoms with van der Waals surface area (Å²) < 4.78 is 6.94. The lowest BCUT2D eigenvalue weighted by Crippen LogP contribution is -2.39. The number of pyridine rings is 1. The first-order valence-corrected chi connectivity index (χ1v) is 11.9. The van der Waals surface area contributed by atoms with E-state index in [9.17, 15) is 14.9 Å². The minimum Gasteiger partial charge on any atom is -0.455 e. The molecule has 2 aliphatic heterocycles. The number of non-ortho nitro benzene ring substituents is 1. The molecule has 1 amide bonds. The van der Waals surface area contributed by atoms with Gasteiger partial charge in [0.25, 0.3) is 11.6 Å². The monoisotopic (exact) mass is 580 g/mol. The van der Waals surface area contributed by atoms with Gasteiger partial charge in [0.2, 0.25) is 0 Å². The van der Waals surface area contributed by atoms with Crippen LogP contribution in [-0.2, 0) is 5.54 Å². The standard InChI is InChI=1S/C22H14BrClN4O4S.ClH/c23-13-3-6-17-15(9-13)22(16-10-19(24)25-11-18(16)32-17)7-8-33-21(27-22)26-20(29)12-1-4-14(5-2-12)28(30)31;/h1-6,9-11H,7-8H2,(H,26,27,29);1H. The number of carbonyl (C=O) groups excluding carboxylic acids is 1. The highest BCUT2D eigenvalue weighted by Gasteiger charge is 2.45. The van der Waals surface area contributed by atoms with Crippen molar-refractivity contribution in [3.05, 3.63) is 91.2 Å². The molecule has 3 aromatic rings. The number of thioether (sulfide) groups is 1. The lowest BCUT2D eigenvalue weighted by Gasteiger charge is -2.39. The van der Waals surface area contributed by atoms with Crippen molar-refractivity contribution in [3.63, 3.8) is 0 Å². The number of aromatic nitrogens is 1. The Morgan fingerprint density at radius 2 is 1.91 bits per heavy atom. The molecule has 0 radical (unpaired) electrons. The molecular formula is C22H15BrCl2N4O4S. The van der Waals surface area contributed by atoms with Crippen LogP contribution in [0.1, 0.15) is 27.9 Å². The van der Waals surface area contributed by atoms with E-state index in [0.29, 0.717) is 39.6 Å². The number of nitrogens with one attached hydrogen (secondary N) is 1. The fourth-order valence-electron chi connectivity index (χ4n) is 3.91. The van der Waals surface area contributed by atoms with Crippen molar-refractivity contribution >= 4 is 68.5 Å². The van der Waals surface area contributed by atoms with Gasteiger partial charge < -0.3 is 10.1 Å². The van der Waals surface area contributed by atoms with E-state index in [4.69, 9.17) is 21.3 Å². The zero-order valence-corrected chi connectivity index (χ0v) is 21.1. The molecule has 2 aliphatic rings. The number of aliphatic imine (C=N–C) groups is 1. The minimum atomic E-state index is -0.817. The maximum absolute atomic E-state index is 12.8. The number of nitro benzene ring substituents is 1. The molecule has 1 unspecified atom stereocenters. The molecule has 3 heterocycles. The van der Waals surface area contributed by atoms with Gasteiger partial charge in [-0.25, -0.2) is 9.98 Å². The largest absolute Gasteiger partial charge is 0.455 e. The Morgan fingerprint density at radius 3 is 2.65 bits per heavy atom. The number of rotatable bonds is 2. The Balaban J connectivity index is 0.00000274. The smallest absolute Gasteiger partial charge is 0.269 e. The number of hydrogen-bond acceptors (Lipinski definition) is 7. The molecule has 8 nitrogen and oxygen atoms in total. The molecular weight excluding hydrogens is 567 g/mol. The summed E-state index contributed by atoms with van der Waals surface area (Å²) in [6, 6.07) is 12.9. The van der Waals surface area contributed by atoms with E-state index >= 15 is 0 Å². The van der Waals surface area contributed by atoms with Crippen molar-refractivity contribution in [2.24, 2.45) is 4.99 Å². The van der Waals surface area contributed by atoms with E-state index in [1.54, 1.807) is 12.3 Å². The maximum Gasteiger partial charge on any atom is 0.269 e. The summed E-state index contributed by atoms with van der Waals surface area (Å²) in [6.07, 6.45) is 2.24. The van der Waals surface area contributed by atoms with E-state index in [0.717, 1.165) is 15.6 Å². The molecule has 5 rings (SSSR count). The normalized spacial score (nSPS) is 18.0. The molecule has 0 saturated heterocycles. The average Bonchev–Trinajstić information content (AvgIpc) is 2.81. The van der Waals surface area contributed by atoms with Crippen LogP contribution in [0, 0.1) is 10.1 Å². The topological polar surface area (TPSA) is 107 Å². The van der Waals surface area contributed by atoms with Gasteiger partial charge in [0.15, 0.2) is 10.9 Å². The lowest BCUT2D eigenvalue weighted by atomic mass is 9.79. The van der Waals surface area contributed by atoms with Gasteiger partial charge in [-0.05, 0) is 42.8 Å². The SMILES string of the molecule is Cl.O=C(NC1=NC2(CCS1)c1cc(Br)ccc1Oc1cnc(Cl)cc12)c1ccc([N+](=O)[O-])cc1. The van der Waals surface area contributed by atoms with E-state index in [1.807, 2.05) is 18.2 Å². The number of halogens is 3. The van der Waals surface area contributed by atoms with Crippen molar-refractivity contribution in [2.45, 2.75) is 12.0 Å². The number of hydrogen-bond donors (Lipinski definition) is 1. The number of benzene rings is 2. The molecule has 0 fully saturated rings. The number of carbonyl (C=O) groups is 1. The number of ether oxygens (including phenoxy) is 1. The van der Waals surface area contributed by atoms with E-state index in [-0.39, 0.29) is 18.1 Å². The maximum atomic E-state index is 12.8. The first-order chi connectivity index (χ1) is 15.9. The highest BCUT2D eigenvalue weighted by atomic mass is 79.9. The molecule has 12 heteroatoms. The van der Waals surface area contributed by atoms with Gasteiger partial charge in [0.05, 0.1) is 11.1 Å². The summed E-state index contributed by atoms with van der Waals surface area (Å²) >= 11 is 11.2. The van der Waals surface area contributed by atoms with E-state index in [1.165, 1.54) is 36.0 Å². The molecule has 1 aromatic heterocycles. The van der Waals surface area contributed by atoms with Crippen molar-refractivity contribution < 1.29 is 14.5 Å². The van der Waals surface area contributed by atoms with Crippen LogP contribution >= 0.6 is 51.7 Å². The Bertz CT molecular complexity index is 1290. The Morgan fingerprint density at radius 1 is 1.18 bits per heavy atom. The van der Waals surface area contributed by atoms with Gasteiger partial charge in [0.1, 0.15) is 16.4 Å². The Kier molecular flexibility index (Phi) is 6.86. The van der Waals surface area contributed by atoms with Crippen LogP contribution in [0.5, 0.6) is 11.5 Å². The molecule has 0 saturated carbocycles. The summed E-state index contributed by atoms with van der Waals surface area (Å²) in [5.41, 5.74) is 1.03. The van der Waals surface area contributed by atoms with Crippen LogP contribution in [0.15, 0.2) is 64.2 Å². The van der Waals surface area contributed by atoms with Gasteiger partial charge in [-0.2, -0.15) is 0 Å². The van der Waals surface area contributed by atoms with Crippen LogP contribution in [0.2, 0.25) is 5.15 Å². The minimum absolute atomic E-state index is 0. The van der Waals surface area contributed by atoms with Gasteiger partial charge >= 0.3 is 0 Å². The van der Waals surface area contributed by atoms with Gasteiger partial charge in [-0.15, -0.1) is 12.4 Å². The first-order valence-electron chi connectivity index (χ1n) is 9.78. The molecule has 0 aliphatic carbocycles. The first kappa shape index (κ1) is 24.5. The van der Waals surface area contributed by atoms with Crippen LogP contribution in [0.4, 0.5) is 5.69 Å². The third-order valence-electron chi connectivity index (χ3n) is 5.44. The van der Waals surface area contributed by atoms with Crippen molar-refractivity contribution in [1.29, 1.82) is 0 Å². The van der Waals surface area contributed by atoms with Gasteiger partial charge in [-0.3, -0.25) is 14.9 Å². The van der Waals surface area contributed by atoms with E-state index < -0.39 is 16.4 Å². The number of nitro groups is 1. The Labute approximate surface area is 217 Å².